The first-order valence-corrected chi connectivity index (χ1v) is 9.11. The van der Waals surface area contributed by atoms with E-state index in [9.17, 15) is 14.4 Å². The summed E-state index contributed by atoms with van der Waals surface area (Å²) in [5.74, 6) is -0.0902. The number of amides is 2. The summed E-state index contributed by atoms with van der Waals surface area (Å²) in [5, 5.41) is 5.38. The summed E-state index contributed by atoms with van der Waals surface area (Å²) in [7, 11) is 1.59. The van der Waals surface area contributed by atoms with Gasteiger partial charge in [0.25, 0.3) is 0 Å². The Balaban J connectivity index is 1.81. The van der Waals surface area contributed by atoms with Gasteiger partial charge in [0.05, 0.1) is 23.6 Å². The average Bonchev–Trinajstić information content (AvgIpc) is 2.92. The number of esters is 1. The van der Waals surface area contributed by atoms with Gasteiger partial charge in [-0.15, -0.1) is 0 Å². The Morgan fingerprint density at radius 3 is 2.45 bits per heavy atom. The van der Waals surface area contributed by atoms with Crippen LogP contribution in [0, 0.1) is 6.92 Å². The first-order valence-electron chi connectivity index (χ1n) is 9.11. The van der Waals surface area contributed by atoms with Gasteiger partial charge in [-0.05, 0) is 44.2 Å². The van der Waals surface area contributed by atoms with Crippen molar-refractivity contribution in [3.63, 3.8) is 0 Å². The number of para-hydroxylation sites is 1. The summed E-state index contributed by atoms with van der Waals surface area (Å²) in [6.07, 6.45) is 0. The molecule has 1 heterocycles. The second-order valence-electron chi connectivity index (χ2n) is 6.33. The molecule has 2 aromatic carbocycles. The second kappa shape index (κ2) is 8.47. The minimum absolute atomic E-state index is 0.267. The number of ether oxygens (including phenoxy) is 1. The molecule has 150 valence electrons. The van der Waals surface area contributed by atoms with Crippen LogP contribution in [0.1, 0.15) is 23.0 Å². The Labute approximate surface area is 167 Å². The van der Waals surface area contributed by atoms with Crippen LogP contribution in [-0.2, 0) is 11.8 Å². The lowest BCUT2D eigenvalue weighted by atomic mass is 10.2. The van der Waals surface area contributed by atoms with Gasteiger partial charge in [0, 0.05) is 12.7 Å². The smallest absolute Gasteiger partial charge is 0.338 e. The molecule has 3 rings (SSSR count). The predicted molar refractivity (Wildman–Crippen MR) is 111 cm³/mol. The van der Waals surface area contributed by atoms with E-state index in [4.69, 9.17) is 4.74 Å². The lowest BCUT2D eigenvalue weighted by Crippen LogP contribution is -2.24. The Morgan fingerprint density at radius 2 is 1.76 bits per heavy atom. The van der Waals surface area contributed by atoms with Crippen LogP contribution >= 0.6 is 0 Å². The number of urea groups is 1. The molecule has 2 N–H and O–H groups in total. The molecule has 0 bridgehead atoms. The van der Waals surface area contributed by atoms with Crippen molar-refractivity contribution in [3.8, 4) is 5.69 Å². The minimum atomic E-state index is -0.532. The Kier molecular flexibility index (Phi) is 5.82. The van der Waals surface area contributed by atoms with Crippen molar-refractivity contribution >= 4 is 23.5 Å². The molecule has 1 aromatic heterocycles. The van der Waals surface area contributed by atoms with Gasteiger partial charge >= 0.3 is 17.7 Å². The molecule has 0 fully saturated rings. The third-order valence-corrected chi connectivity index (χ3v) is 4.37. The molecule has 0 atom stereocenters. The number of carbonyl (C=O) groups excluding carboxylic acids is 2. The van der Waals surface area contributed by atoms with Crippen molar-refractivity contribution < 1.29 is 14.3 Å². The Bertz CT molecular complexity index is 1100. The number of aromatic nitrogens is 2. The van der Waals surface area contributed by atoms with E-state index >= 15 is 0 Å². The fourth-order valence-corrected chi connectivity index (χ4v) is 3.00. The standard InChI is InChI=1S/C21H22N4O4/c1-4-29-19(26)15-9-8-10-16(13-15)22-20(27)23-18-14(2)25(21(28)24(18)3)17-11-6-5-7-12-17/h5-13H,4H2,1-3H3,(H2,22,23,27). The summed E-state index contributed by atoms with van der Waals surface area (Å²) in [5.41, 5.74) is 1.80. The lowest BCUT2D eigenvalue weighted by Gasteiger charge is -2.10. The van der Waals surface area contributed by atoms with Crippen LogP contribution in [0.2, 0.25) is 0 Å². The molecule has 0 radical (unpaired) electrons. The molecule has 0 spiro atoms. The predicted octanol–water partition coefficient (Wildman–Crippen LogP) is 3.31. The molecule has 8 heteroatoms. The highest BCUT2D eigenvalue weighted by molar-refractivity contribution is 6.00. The van der Waals surface area contributed by atoms with Crippen LogP contribution < -0.4 is 16.3 Å². The molecule has 0 aliphatic rings. The van der Waals surface area contributed by atoms with Crippen molar-refractivity contribution in [1.29, 1.82) is 0 Å². The highest BCUT2D eigenvalue weighted by Gasteiger charge is 2.18. The summed E-state index contributed by atoms with van der Waals surface area (Å²) in [6, 6.07) is 15.1. The third kappa shape index (κ3) is 4.21. The van der Waals surface area contributed by atoms with E-state index in [1.165, 1.54) is 15.2 Å². The topological polar surface area (TPSA) is 94.4 Å². The van der Waals surface area contributed by atoms with E-state index in [1.807, 2.05) is 30.3 Å². The third-order valence-electron chi connectivity index (χ3n) is 4.37. The average molecular weight is 394 g/mol. The number of hydrogen-bond donors (Lipinski definition) is 2. The van der Waals surface area contributed by atoms with Crippen molar-refractivity contribution in [2.45, 2.75) is 13.8 Å². The van der Waals surface area contributed by atoms with Gasteiger partial charge in [0.1, 0.15) is 5.82 Å². The van der Waals surface area contributed by atoms with E-state index < -0.39 is 12.0 Å². The van der Waals surface area contributed by atoms with E-state index in [2.05, 4.69) is 10.6 Å². The van der Waals surface area contributed by atoms with Crippen LogP contribution in [0.25, 0.3) is 5.69 Å². The largest absolute Gasteiger partial charge is 0.462 e. The lowest BCUT2D eigenvalue weighted by molar-refractivity contribution is 0.0526. The van der Waals surface area contributed by atoms with Crippen molar-refractivity contribution in [2.24, 2.45) is 7.05 Å². The number of hydrogen-bond acceptors (Lipinski definition) is 4. The first kappa shape index (κ1) is 19.9. The maximum Gasteiger partial charge on any atom is 0.338 e. The maximum absolute atomic E-state index is 12.6. The highest BCUT2D eigenvalue weighted by atomic mass is 16.5. The van der Waals surface area contributed by atoms with Gasteiger partial charge in [-0.25, -0.2) is 14.4 Å². The number of rotatable bonds is 5. The van der Waals surface area contributed by atoms with Crippen LogP contribution in [0.5, 0.6) is 0 Å². The molecule has 3 aromatic rings. The Morgan fingerprint density at radius 1 is 1.03 bits per heavy atom. The van der Waals surface area contributed by atoms with Gasteiger partial charge in [0.15, 0.2) is 0 Å². The van der Waals surface area contributed by atoms with Gasteiger partial charge in [-0.3, -0.25) is 14.5 Å². The molecule has 0 aliphatic carbocycles. The van der Waals surface area contributed by atoms with Gasteiger partial charge < -0.3 is 10.1 Å². The minimum Gasteiger partial charge on any atom is -0.462 e. The zero-order chi connectivity index (χ0) is 21.0. The number of nitrogens with one attached hydrogen (secondary N) is 2. The number of benzene rings is 2. The summed E-state index contributed by atoms with van der Waals surface area (Å²) >= 11 is 0. The quantitative estimate of drug-likeness (QED) is 0.649. The summed E-state index contributed by atoms with van der Waals surface area (Å²) < 4.78 is 7.86. The van der Waals surface area contributed by atoms with Crippen LogP contribution in [-0.4, -0.2) is 27.7 Å². The molecule has 0 saturated carbocycles. The Hall–Kier alpha value is -3.81. The highest BCUT2D eigenvalue weighted by Crippen LogP contribution is 2.18. The molecule has 0 saturated heterocycles. The SMILES string of the molecule is CCOC(=O)c1cccc(NC(=O)Nc2c(C)n(-c3ccccc3)c(=O)n2C)c1. The van der Waals surface area contributed by atoms with Crippen LogP contribution in [0.4, 0.5) is 16.3 Å². The number of anilines is 2. The van der Waals surface area contributed by atoms with Crippen molar-refractivity contribution in [2.75, 3.05) is 17.2 Å². The molecule has 0 aliphatic heterocycles. The molecule has 29 heavy (non-hydrogen) atoms. The molecule has 2 amide bonds. The van der Waals surface area contributed by atoms with Gasteiger partial charge in [-0.2, -0.15) is 0 Å². The number of carbonyl (C=O) groups is 2. The molecule has 8 nitrogen and oxygen atoms in total. The molecule has 0 unspecified atom stereocenters. The van der Waals surface area contributed by atoms with Gasteiger partial charge in [-0.1, -0.05) is 24.3 Å². The van der Waals surface area contributed by atoms with Crippen molar-refractivity contribution in [1.82, 2.24) is 9.13 Å². The van der Waals surface area contributed by atoms with E-state index in [0.717, 1.165) is 0 Å². The first-order chi connectivity index (χ1) is 13.9. The number of nitrogens with zero attached hydrogens (tertiary/aromatic N) is 2. The maximum atomic E-state index is 12.6. The van der Waals surface area contributed by atoms with E-state index in [1.54, 1.807) is 39.1 Å². The van der Waals surface area contributed by atoms with Crippen LogP contribution in [0.3, 0.4) is 0 Å². The zero-order valence-corrected chi connectivity index (χ0v) is 16.4. The monoisotopic (exact) mass is 394 g/mol. The van der Waals surface area contributed by atoms with Gasteiger partial charge in [0.2, 0.25) is 0 Å². The normalized spacial score (nSPS) is 10.4. The van der Waals surface area contributed by atoms with Crippen molar-refractivity contribution in [3.05, 3.63) is 76.3 Å². The fourth-order valence-electron chi connectivity index (χ4n) is 3.00. The second-order valence-corrected chi connectivity index (χ2v) is 6.33. The van der Waals surface area contributed by atoms with E-state index in [-0.39, 0.29) is 12.3 Å². The molecular formula is C21H22N4O4. The van der Waals surface area contributed by atoms with Crippen LogP contribution in [0.15, 0.2) is 59.4 Å². The fraction of sp³-hybridized carbons (Fsp3) is 0.190. The summed E-state index contributed by atoms with van der Waals surface area (Å²) in [6.45, 7) is 3.75. The molecular weight excluding hydrogens is 372 g/mol. The van der Waals surface area contributed by atoms with E-state index in [0.29, 0.717) is 28.5 Å². The zero-order valence-electron chi connectivity index (χ0n) is 16.4. The number of imidazole rings is 1. The summed E-state index contributed by atoms with van der Waals surface area (Å²) in [4.78, 5) is 37.0.